The first-order chi connectivity index (χ1) is 8.68. The third-order valence-electron chi connectivity index (χ3n) is 4.66. The van der Waals surface area contributed by atoms with E-state index in [1.54, 1.807) is 0 Å². The lowest BCUT2D eigenvalue weighted by atomic mass is 9.65. The van der Waals surface area contributed by atoms with E-state index in [0.717, 1.165) is 12.8 Å². The molecule has 1 aliphatic carbocycles. The molecule has 2 heterocycles. The predicted octanol–water partition coefficient (Wildman–Crippen LogP) is 2.61. The standard InChI is InChI=1S/C15H16N2O/c1-15(18)7-6-12(15)14-11-5-3-2-4-10(11)13-8-16-9-17(13)14/h2-5,8-9,12,14,18H,6-7H2,1H3/t12-,14?,15-/m0/s1. The molecule has 1 aliphatic heterocycles. The van der Waals surface area contributed by atoms with Crippen LogP contribution >= 0.6 is 0 Å². The summed E-state index contributed by atoms with van der Waals surface area (Å²) in [6.07, 6.45) is 5.81. The Balaban J connectivity index is 1.90. The first-order valence-electron chi connectivity index (χ1n) is 6.52. The number of benzene rings is 1. The van der Waals surface area contributed by atoms with Crippen LogP contribution in [-0.2, 0) is 0 Å². The maximum atomic E-state index is 10.4. The highest BCUT2D eigenvalue weighted by Gasteiger charge is 2.49. The third-order valence-corrected chi connectivity index (χ3v) is 4.66. The first kappa shape index (κ1) is 10.3. The van der Waals surface area contributed by atoms with Crippen molar-refractivity contribution in [3.05, 3.63) is 42.4 Å². The van der Waals surface area contributed by atoms with Gasteiger partial charge < -0.3 is 9.67 Å². The Morgan fingerprint density at radius 3 is 2.94 bits per heavy atom. The minimum Gasteiger partial charge on any atom is -0.390 e. The second-order valence-electron chi connectivity index (χ2n) is 5.72. The third kappa shape index (κ3) is 1.15. The SMILES string of the molecule is C[C@]1(O)CC[C@H]1C1c2ccccc2-c2cncn21. The molecule has 1 saturated carbocycles. The molecule has 1 N–H and O–H groups in total. The van der Waals surface area contributed by atoms with Gasteiger partial charge in [-0.1, -0.05) is 24.3 Å². The fraction of sp³-hybridized carbons (Fsp3) is 0.400. The monoisotopic (exact) mass is 240 g/mol. The Hall–Kier alpha value is -1.61. The fourth-order valence-corrected chi connectivity index (χ4v) is 3.51. The molecule has 3 heteroatoms. The number of nitrogens with zero attached hydrogens (tertiary/aromatic N) is 2. The number of hydrogen-bond acceptors (Lipinski definition) is 2. The van der Waals surface area contributed by atoms with Gasteiger partial charge in [-0.15, -0.1) is 0 Å². The Bertz CT molecular complexity index is 614. The van der Waals surface area contributed by atoms with Crippen molar-refractivity contribution in [1.82, 2.24) is 9.55 Å². The van der Waals surface area contributed by atoms with Crippen molar-refractivity contribution < 1.29 is 5.11 Å². The molecule has 4 rings (SSSR count). The van der Waals surface area contributed by atoms with E-state index in [0.29, 0.717) is 5.92 Å². The van der Waals surface area contributed by atoms with Gasteiger partial charge in [-0.3, -0.25) is 0 Å². The van der Waals surface area contributed by atoms with Crippen LogP contribution in [0.3, 0.4) is 0 Å². The molecule has 0 amide bonds. The molecule has 18 heavy (non-hydrogen) atoms. The maximum absolute atomic E-state index is 10.4. The fourth-order valence-electron chi connectivity index (χ4n) is 3.51. The van der Waals surface area contributed by atoms with Gasteiger partial charge >= 0.3 is 0 Å². The van der Waals surface area contributed by atoms with E-state index in [1.807, 2.05) is 19.4 Å². The van der Waals surface area contributed by atoms with Gasteiger partial charge in [-0.2, -0.15) is 0 Å². The van der Waals surface area contributed by atoms with Crippen LogP contribution in [0.15, 0.2) is 36.8 Å². The topological polar surface area (TPSA) is 38.1 Å². The molecular formula is C15H16N2O. The molecule has 2 aliphatic rings. The molecule has 1 unspecified atom stereocenters. The van der Waals surface area contributed by atoms with E-state index in [4.69, 9.17) is 0 Å². The highest BCUT2D eigenvalue weighted by Crippen LogP contribution is 2.52. The van der Waals surface area contributed by atoms with Crippen LogP contribution in [0.5, 0.6) is 0 Å². The summed E-state index contributed by atoms with van der Waals surface area (Å²) in [6.45, 7) is 1.96. The van der Waals surface area contributed by atoms with E-state index >= 15 is 0 Å². The number of imidazole rings is 1. The Kier molecular flexibility index (Phi) is 1.86. The van der Waals surface area contributed by atoms with Crippen molar-refractivity contribution in [2.24, 2.45) is 5.92 Å². The molecule has 1 fully saturated rings. The van der Waals surface area contributed by atoms with Gasteiger partial charge in [-0.05, 0) is 25.3 Å². The second kappa shape index (κ2) is 3.23. The molecule has 0 spiro atoms. The van der Waals surface area contributed by atoms with Gasteiger partial charge in [-0.25, -0.2) is 4.98 Å². The van der Waals surface area contributed by atoms with E-state index in [9.17, 15) is 5.11 Å². The van der Waals surface area contributed by atoms with E-state index in [2.05, 4.69) is 33.8 Å². The lowest BCUT2D eigenvalue weighted by molar-refractivity contribution is -0.0924. The minimum absolute atomic E-state index is 0.252. The quantitative estimate of drug-likeness (QED) is 0.832. The Morgan fingerprint density at radius 1 is 1.39 bits per heavy atom. The summed E-state index contributed by atoms with van der Waals surface area (Å²) in [5.74, 6) is 0.300. The zero-order valence-corrected chi connectivity index (χ0v) is 10.4. The molecule has 92 valence electrons. The summed E-state index contributed by atoms with van der Waals surface area (Å²) in [5.41, 5.74) is 3.24. The van der Waals surface area contributed by atoms with Crippen molar-refractivity contribution in [1.29, 1.82) is 0 Å². The van der Waals surface area contributed by atoms with Gasteiger partial charge in [0.2, 0.25) is 0 Å². The Labute approximate surface area is 106 Å². The number of aromatic nitrogens is 2. The summed E-state index contributed by atoms with van der Waals surface area (Å²) >= 11 is 0. The molecule has 0 bridgehead atoms. The summed E-state index contributed by atoms with van der Waals surface area (Å²) in [7, 11) is 0. The average Bonchev–Trinajstić information content (AvgIpc) is 2.92. The number of rotatable bonds is 1. The van der Waals surface area contributed by atoms with Crippen molar-refractivity contribution in [2.75, 3.05) is 0 Å². The molecule has 0 saturated heterocycles. The molecule has 1 aromatic heterocycles. The van der Waals surface area contributed by atoms with Gasteiger partial charge in [0.05, 0.1) is 29.9 Å². The van der Waals surface area contributed by atoms with Crippen molar-refractivity contribution in [3.8, 4) is 11.3 Å². The first-order valence-corrected chi connectivity index (χ1v) is 6.52. The number of aliphatic hydroxyl groups is 1. The van der Waals surface area contributed by atoms with Gasteiger partial charge in [0.1, 0.15) is 0 Å². The highest BCUT2D eigenvalue weighted by atomic mass is 16.3. The van der Waals surface area contributed by atoms with Crippen molar-refractivity contribution in [2.45, 2.75) is 31.4 Å². The van der Waals surface area contributed by atoms with Crippen molar-refractivity contribution >= 4 is 0 Å². The zero-order valence-electron chi connectivity index (χ0n) is 10.4. The van der Waals surface area contributed by atoms with E-state index in [-0.39, 0.29) is 6.04 Å². The van der Waals surface area contributed by atoms with Gasteiger partial charge in [0, 0.05) is 11.5 Å². The predicted molar refractivity (Wildman–Crippen MR) is 69.1 cm³/mol. The molecule has 1 aromatic carbocycles. The van der Waals surface area contributed by atoms with Crippen LogP contribution < -0.4 is 0 Å². The summed E-state index contributed by atoms with van der Waals surface area (Å²) in [6, 6.07) is 8.73. The van der Waals surface area contributed by atoms with Crippen LogP contribution in [-0.4, -0.2) is 20.3 Å². The number of hydrogen-bond donors (Lipinski definition) is 1. The molecule has 3 atom stereocenters. The average molecular weight is 240 g/mol. The van der Waals surface area contributed by atoms with Crippen LogP contribution in [0.4, 0.5) is 0 Å². The zero-order chi connectivity index (χ0) is 12.3. The minimum atomic E-state index is -0.538. The summed E-state index contributed by atoms with van der Waals surface area (Å²) in [5, 5.41) is 10.4. The smallest absolute Gasteiger partial charge is 0.0956 e. The summed E-state index contributed by atoms with van der Waals surface area (Å²) < 4.78 is 2.23. The molecule has 0 radical (unpaired) electrons. The maximum Gasteiger partial charge on any atom is 0.0956 e. The molecule has 2 aromatic rings. The van der Waals surface area contributed by atoms with Gasteiger partial charge in [0.25, 0.3) is 0 Å². The largest absolute Gasteiger partial charge is 0.390 e. The van der Waals surface area contributed by atoms with E-state index < -0.39 is 5.60 Å². The van der Waals surface area contributed by atoms with Crippen LogP contribution in [0.1, 0.15) is 31.4 Å². The lowest BCUT2D eigenvalue weighted by Crippen LogP contribution is -2.48. The van der Waals surface area contributed by atoms with E-state index in [1.165, 1.54) is 16.8 Å². The van der Waals surface area contributed by atoms with Gasteiger partial charge in [0.15, 0.2) is 0 Å². The normalized spacial score (nSPS) is 32.8. The molecular weight excluding hydrogens is 224 g/mol. The number of fused-ring (bicyclic) bond motifs is 3. The van der Waals surface area contributed by atoms with Crippen molar-refractivity contribution in [3.63, 3.8) is 0 Å². The second-order valence-corrected chi connectivity index (χ2v) is 5.72. The lowest BCUT2D eigenvalue weighted by Gasteiger charge is -2.46. The Morgan fingerprint density at radius 2 is 2.22 bits per heavy atom. The van der Waals surface area contributed by atoms with Crippen LogP contribution in [0.2, 0.25) is 0 Å². The highest BCUT2D eigenvalue weighted by molar-refractivity contribution is 5.69. The summed E-state index contributed by atoms with van der Waals surface area (Å²) in [4.78, 5) is 4.26. The molecule has 3 nitrogen and oxygen atoms in total. The van der Waals surface area contributed by atoms with Crippen LogP contribution in [0.25, 0.3) is 11.3 Å². The van der Waals surface area contributed by atoms with Crippen LogP contribution in [0, 0.1) is 5.92 Å².